The number of piperidine rings is 1. The van der Waals surface area contributed by atoms with E-state index in [1.807, 2.05) is 25.1 Å². The average molecular weight is 235 g/mol. The predicted octanol–water partition coefficient (Wildman–Crippen LogP) is 1.40. The van der Waals surface area contributed by atoms with E-state index in [0.29, 0.717) is 0 Å². The van der Waals surface area contributed by atoms with E-state index in [1.54, 1.807) is 0 Å². The van der Waals surface area contributed by atoms with Crippen LogP contribution < -0.4 is 0 Å². The Bertz CT molecular complexity index is 395. The molecule has 0 aromatic heterocycles. The minimum absolute atomic E-state index is 0.0310. The zero-order valence-corrected chi connectivity index (χ0v) is 10.6. The molecule has 2 rings (SSSR count). The molecule has 1 aliphatic rings. The Hall–Kier alpha value is -0.900. The van der Waals surface area contributed by atoms with Crippen molar-refractivity contribution in [1.82, 2.24) is 4.90 Å². The lowest BCUT2D eigenvalue weighted by Crippen LogP contribution is -2.41. The second-order valence-corrected chi connectivity index (χ2v) is 5.14. The van der Waals surface area contributed by atoms with Gasteiger partial charge in [0.2, 0.25) is 0 Å². The molecule has 0 saturated carbocycles. The van der Waals surface area contributed by atoms with Crippen LogP contribution in [0.3, 0.4) is 0 Å². The number of hydrogen-bond acceptors (Lipinski definition) is 3. The van der Waals surface area contributed by atoms with Crippen LogP contribution in [0.15, 0.2) is 18.2 Å². The SMILES string of the molecule is Cc1ccc(CO)cc1C1(O)CCN(C)CC1. The summed E-state index contributed by atoms with van der Waals surface area (Å²) < 4.78 is 0. The van der Waals surface area contributed by atoms with Gasteiger partial charge in [0.1, 0.15) is 0 Å². The van der Waals surface area contributed by atoms with Crippen molar-refractivity contribution in [2.45, 2.75) is 32.0 Å². The molecule has 3 heteroatoms. The van der Waals surface area contributed by atoms with Gasteiger partial charge in [0, 0.05) is 13.1 Å². The molecule has 0 spiro atoms. The summed E-state index contributed by atoms with van der Waals surface area (Å²) in [5, 5.41) is 19.9. The first-order valence-corrected chi connectivity index (χ1v) is 6.17. The Morgan fingerprint density at radius 1 is 1.29 bits per heavy atom. The van der Waals surface area contributed by atoms with E-state index in [4.69, 9.17) is 0 Å². The molecule has 1 aromatic rings. The quantitative estimate of drug-likeness (QED) is 0.814. The Labute approximate surface area is 103 Å². The van der Waals surface area contributed by atoms with Crippen LogP contribution in [0.1, 0.15) is 29.5 Å². The molecule has 1 saturated heterocycles. The van der Waals surface area contributed by atoms with Gasteiger partial charge in [-0.2, -0.15) is 0 Å². The minimum atomic E-state index is -0.720. The van der Waals surface area contributed by atoms with Crippen molar-refractivity contribution in [3.8, 4) is 0 Å². The van der Waals surface area contributed by atoms with E-state index in [1.165, 1.54) is 0 Å². The maximum Gasteiger partial charge on any atom is 0.0923 e. The molecule has 94 valence electrons. The van der Waals surface area contributed by atoms with Gasteiger partial charge in [-0.3, -0.25) is 0 Å². The molecule has 0 amide bonds. The fourth-order valence-corrected chi connectivity index (χ4v) is 2.53. The number of likely N-dealkylation sites (tertiary alicyclic amines) is 1. The Morgan fingerprint density at radius 2 is 1.94 bits per heavy atom. The summed E-state index contributed by atoms with van der Waals surface area (Å²) in [6.07, 6.45) is 1.53. The van der Waals surface area contributed by atoms with Crippen LogP contribution in [0.4, 0.5) is 0 Å². The third-order valence-corrected chi connectivity index (χ3v) is 3.80. The van der Waals surface area contributed by atoms with Crippen molar-refractivity contribution < 1.29 is 10.2 Å². The van der Waals surface area contributed by atoms with Crippen molar-refractivity contribution in [3.63, 3.8) is 0 Å². The van der Waals surface area contributed by atoms with Crippen molar-refractivity contribution in [3.05, 3.63) is 34.9 Å². The Kier molecular flexibility index (Phi) is 3.52. The summed E-state index contributed by atoms with van der Waals surface area (Å²) in [6.45, 7) is 3.88. The molecule has 0 bridgehead atoms. The molecule has 1 fully saturated rings. The summed E-state index contributed by atoms with van der Waals surface area (Å²) in [6, 6.07) is 5.84. The van der Waals surface area contributed by atoms with Crippen molar-refractivity contribution >= 4 is 0 Å². The van der Waals surface area contributed by atoms with Gasteiger partial charge < -0.3 is 15.1 Å². The third kappa shape index (κ3) is 2.51. The fourth-order valence-electron chi connectivity index (χ4n) is 2.53. The van der Waals surface area contributed by atoms with Crippen molar-refractivity contribution in [1.29, 1.82) is 0 Å². The largest absolute Gasteiger partial charge is 0.392 e. The van der Waals surface area contributed by atoms with E-state index in [2.05, 4.69) is 11.9 Å². The van der Waals surface area contributed by atoms with Gasteiger partial charge >= 0.3 is 0 Å². The number of aliphatic hydroxyl groups is 2. The standard InChI is InChI=1S/C14H21NO2/c1-11-3-4-12(10-16)9-13(11)14(17)5-7-15(2)8-6-14/h3-4,9,16-17H,5-8,10H2,1-2H3. The number of hydrogen-bond donors (Lipinski definition) is 2. The second kappa shape index (κ2) is 4.77. The number of aryl methyl sites for hydroxylation is 1. The Balaban J connectivity index is 2.32. The number of aliphatic hydroxyl groups excluding tert-OH is 1. The molecule has 17 heavy (non-hydrogen) atoms. The van der Waals surface area contributed by atoms with Gasteiger partial charge in [-0.1, -0.05) is 18.2 Å². The highest BCUT2D eigenvalue weighted by Gasteiger charge is 2.34. The normalized spacial score (nSPS) is 20.5. The van der Waals surface area contributed by atoms with Gasteiger partial charge in [-0.05, 0) is 43.5 Å². The summed E-state index contributed by atoms with van der Waals surface area (Å²) in [4.78, 5) is 2.24. The van der Waals surface area contributed by atoms with Gasteiger partial charge in [-0.15, -0.1) is 0 Å². The molecule has 1 aromatic carbocycles. The van der Waals surface area contributed by atoms with Crippen LogP contribution in [-0.4, -0.2) is 35.3 Å². The molecular formula is C14H21NO2. The highest BCUT2D eigenvalue weighted by molar-refractivity contribution is 5.35. The number of benzene rings is 1. The smallest absolute Gasteiger partial charge is 0.0923 e. The Morgan fingerprint density at radius 3 is 2.53 bits per heavy atom. The molecule has 0 aliphatic carbocycles. The summed E-state index contributed by atoms with van der Waals surface area (Å²) in [7, 11) is 2.08. The highest BCUT2D eigenvalue weighted by Crippen LogP contribution is 2.34. The van der Waals surface area contributed by atoms with E-state index in [9.17, 15) is 10.2 Å². The summed E-state index contributed by atoms with van der Waals surface area (Å²) in [5.41, 5.74) is 2.24. The molecule has 2 N–H and O–H groups in total. The number of rotatable bonds is 2. The highest BCUT2D eigenvalue weighted by atomic mass is 16.3. The molecule has 0 atom stereocenters. The molecule has 0 unspecified atom stereocenters. The van der Waals surface area contributed by atoms with Crippen LogP contribution in [0, 0.1) is 6.92 Å². The monoisotopic (exact) mass is 235 g/mol. The first-order chi connectivity index (χ1) is 8.05. The van der Waals surface area contributed by atoms with E-state index in [-0.39, 0.29) is 6.61 Å². The fraction of sp³-hybridized carbons (Fsp3) is 0.571. The first kappa shape index (κ1) is 12.6. The predicted molar refractivity (Wildman–Crippen MR) is 67.7 cm³/mol. The molecule has 3 nitrogen and oxygen atoms in total. The molecule has 0 radical (unpaired) electrons. The van der Waals surface area contributed by atoms with Crippen molar-refractivity contribution in [2.24, 2.45) is 0 Å². The zero-order chi connectivity index (χ0) is 12.5. The van der Waals surface area contributed by atoms with Gasteiger partial charge in [0.05, 0.1) is 12.2 Å². The van der Waals surface area contributed by atoms with Crippen LogP contribution in [0.2, 0.25) is 0 Å². The zero-order valence-electron chi connectivity index (χ0n) is 10.6. The molecular weight excluding hydrogens is 214 g/mol. The van der Waals surface area contributed by atoms with Crippen molar-refractivity contribution in [2.75, 3.05) is 20.1 Å². The van der Waals surface area contributed by atoms with Gasteiger partial charge in [-0.25, -0.2) is 0 Å². The van der Waals surface area contributed by atoms with Crippen LogP contribution in [0.5, 0.6) is 0 Å². The third-order valence-electron chi connectivity index (χ3n) is 3.80. The molecule has 1 aliphatic heterocycles. The second-order valence-electron chi connectivity index (χ2n) is 5.14. The van der Waals surface area contributed by atoms with Crippen LogP contribution in [-0.2, 0) is 12.2 Å². The van der Waals surface area contributed by atoms with Crippen LogP contribution >= 0.6 is 0 Å². The lowest BCUT2D eigenvalue weighted by Gasteiger charge is -2.38. The topological polar surface area (TPSA) is 43.7 Å². The van der Waals surface area contributed by atoms with E-state index in [0.717, 1.165) is 42.6 Å². The first-order valence-electron chi connectivity index (χ1n) is 6.17. The average Bonchev–Trinajstić information content (AvgIpc) is 2.34. The lowest BCUT2D eigenvalue weighted by molar-refractivity contribution is -0.0208. The van der Waals surface area contributed by atoms with E-state index < -0.39 is 5.60 Å². The summed E-state index contributed by atoms with van der Waals surface area (Å²) >= 11 is 0. The number of nitrogens with zero attached hydrogens (tertiary/aromatic N) is 1. The van der Waals surface area contributed by atoms with E-state index >= 15 is 0 Å². The lowest BCUT2D eigenvalue weighted by atomic mass is 9.81. The minimum Gasteiger partial charge on any atom is -0.392 e. The van der Waals surface area contributed by atoms with Gasteiger partial charge in [0.15, 0.2) is 0 Å². The maximum atomic E-state index is 10.8. The summed E-state index contributed by atoms with van der Waals surface area (Å²) in [5.74, 6) is 0. The maximum absolute atomic E-state index is 10.8. The van der Waals surface area contributed by atoms with Crippen LogP contribution in [0.25, 0.3) is 0 Å². The molecule has 1 heterocycles. The van der Waals surface area contributed by atoms with Gasteiger partial charge in [0.25, 0.3) is 0 Å².